The monoisotopic (exact) mass is 521 g/mol. The van der Waals surface area contributed by atoms with Crippen molar-refractivity contribution in [1.29, 1.82) is 0 Å². The molecule has 0 saturated carbocycles. The van der Waals surface area contributed by atoms with Crippen molar-refractivity contribution in [1.82, 2.24) is 19.8 Å². The third-order valence-corrected chi connectivity index (χ3v) is 4.02. The van der Waals surface area contributed by atoms with Crippen LogP contribution in [0.2, 0.25) is 0 Å². The zero-order chi connectivity index (χ0) is 17.5. The van der Waals surface area contributed by atoms with Crippen LogP contribution in [-0.2, 0) is 20.1 Å². The highest BCUT2D eigenvalue weighted by Gasteiger charge is 2.09. The lowest BCUT2D eigenvalue weighted by atomic mass is 10.3. The number of hydrogen-bond acceptors (Lipinski definition) is 3. The van der Waals surface area contributed by atoms with Crippen LogP contribution < -0.4 is 10.1 Å². The minimum atomic E-state index is 0. The molecule has 0 aliphatic carbocycles. The molecule has 0 aromatic carbocycles. The summed E-state index contributed by atoms with van der Waals surface area (Å²) in [6.45, 7) is 4.23. The van der Waals surface area contributed by atoms with Gasteiger partial charge in [0.05, 0.1) is 20.2 Å². The number of nitrogens with zero attached hydrogens (tertiary/aromatic N) is 4. The third-order valence-electron chi connectivity index (χ3n) is 3.59. The Morgan fingerprint density at radius 2 is 2.20 bits per heavy atom. The molecule has 0 fully saturated rings. The van der Waals surface area contributed by atoms with Crippen LogP contribution in [0.25, 0.3) is 0 Å². The number of hydrogen-bond donors (Lipinski definition) is 1. The van der Waals surface area contributed by atoms with Crippen LogP contribution in [0.4, 0.5) is 0 Å². The normalized spacial score (nSPS) is 11.0. The molecule has 0 bridgehead atoms. The fourth-order valence-electron chi connectivity index (χ4n) is 2.30. The second-order valence-corrected chi connectivity index (χ2v) is 6.41. The summed E-state index contributed by atoms with van der Waals surface area (Å²) in [4.78, 5) is 11.0. The highest BCUT2D eigenvalue weighted by Crippen LogP contribution is 2.15. The van der Waals surface area contributed by atoms with Gasteiger partial charge in [-0.3, -0.25) is 0 Å². The lowest BCUT2D eigenvalue weighted by Gasteiger charge is -2.22. The number of aromatic nitrogens is 2. The van der Waals surface area contributed by atoms with Gasteiger partial charge in [-0.05, 0) is 34.5 Å². The first-order valence-corrected chi connectivity index (χ1v) is 8.62. The van der Waals surface area contributed by atoms with Crippen molar-refractivity contribution in [2.45, 2.75) is 20.0 Å². The van der Waals surface area contributed by atoms with Gasteiger partial charge in [0.1, 0.15) is 0 Å². The van der Waals surface area contributed by atoms with E-state index in [1.54, 1.807) is 13.3 Å². The summed E-state index contributed by atoms with van der Waals surface area (Å²) in [6, 6.07) is 5.95. The van der Waals surface area contributed by atoms with Gasteiger partial charge in [-0.2, -0.15) is 0 Å². The van der Waals surface area contributed by atoms with Gasteiger partial charge >= 0.3 is 0 Å². The van der Waals surface area contributed by atoms with E-state index in [9.17, 15) is 0 Å². The molecule has 6 nitrogen and oxygen atoms in total. The van der Waals surface area contributed by atoms with E-state index in [0.717, 1.165) is 29.1 Å². The van der Waals surface area contributed by atoms with Crippen molar-refractivity contribution in [2.75, 3.05) is 20.7 Å². The summed E-state index contributed by atoms with van der Waals surface area (Å²) < 4.78 is 8.27. The van der Waals surface area contributed by atoms with Gasteiger partial charge in [0.25, 0.3) is 0 Å². The molecule has 138 valence electrons. The van der Waals surface area contributed by atoms with Gasteiger partial charge in [0, 0.05) is 49.3 Å². The summed E-state index contributed by atoms with van der Waals surface area (Å²) in [6.07, 6.45) is 3.84. The second-order valence-electron chi connectivity index (χ2n) is 5.50. The zero-order valence-electron chi connectivity index (χ0n) is 15.0. The minimum absolute atomic E-state index is 0. The molecule has 0 spiro atoms. The standard InChI is InChI=1S/C17H24BrN5O.HI/c1-5-19-17(21-10-13-6-7-16(24-4)20-9-13)23(3)12-15-8-14(18)11-22(15)2;/h6-9,11H,5,10,12H2,1-4H3,(H,19,21);1H. The number of nitrogens with one attached hydrogen (secondary N) is 1. The Morgan fingerprint density at radius 3 is 2.72 bits per heavy atom. The van der Waals surface area contributed by atoms with Crippen molar-refractivity contribution in [3.8, 4) is 5.88 Å². The quantitative estimate of drug-likeness (QED) is 0.359. The summed E-state index contributed by atoms with van der Waals surface area (Å²) in [5, 5.41) is 3.33. The molecule has 1 N–H and O–H groups in total. The first kappa shape index (κ1) is 21.8. The maximum Gasteiger partial charge on any atom is 0.212 e. The fraction of sp³-hybridized carbons (Fsp3) is 0.412. The molecular weight excluding hydrogens is 497 g/mol. The van der Waals surface area contributed by atoms with Crippen molar-refractivity contribution in [3.05, 3.63) is 46.3 Å². The van der Waals surface area contributed by atoms with Crippen LogP contribution in [-0.4, -0.2) is 41.1 Å². The van der Waals surface area contributed by atoms with Crippen molar-refractivity contribution < 1.29 is 4.74 Å². The molecule has 8 heteroatoms. The molecule has 2 aromatic rings. The van der Waals surface area contributed by atoms with E-state index in [2.05, 4.69) is 54.9 Å². The van der Waals surface area contributed by atoms with Gasteiger partial charge in [-0.15, -0.1) is 24.0 Å². The summed E-state index contributed by atoms with van der Waals surface area (Å²) in [7, 11) is 5.69. The topological polar surface area (TPSA) is 54.7 Å². The Labute approximate surface area is 174 Å². The van der Waals surface area contributed by atoms with E-state index in [1.165, 1.54) is 5.69 Å². The molecule has 0 aliphatic rings. The van der Waals surface area contributed by atoms with E-state index in [1.807, 2.05) is 26.2 Å². The number of aryl methyl sites for hydroxylation is 1. The molecule has 2 heterocycles. The third kappa shape index (κ3) is 6.50. The van der Waals surface area contributed by atoms with Gasteiger partial charge in [-0.1, -0.05) is 6.07 Å². The maximum atomic E-state index is 5.08. The molecule has 2 rings (SSSR count). The van der Waals surface area contributed by atoms with Crippen molar-refractivity contribution in [2.24, 2.45) is 12.0 Å². The number of halogens is 2. The average molecular weight is 522 g/mol. The lowest BCUT2D eigenvalue weighted by Crippen LogP contribution is -2.38. The Kier molecular flexibility index (Phi) is 9.26. The molecular formula is C17H25BrIN5O. The highest BCUT2D eigenvalue weighted by atomic mass is 127. The van der Waals surface area contributed by atoms with E-state index in [-0.39, 0.29) is 24.0 Å². The van der Waals surface area contributed by atoms with Gasteiger partial charge in [-0.25, -0.2) is 9.98 Å². The van der Waals surface area contributed by atoms with Gasteiger partial charge in [0.15, 0.2) is 5.96 Å². The van der Waals surface area contributed by atoms with E-state index in [4.69, 9.17) is 9.73 Å². The number of ether oxygens (including phenoxy) is 1. The molecule has 0 atom stereocenters. The van der Waals surface area contributed by atoms with Crippen LogP contribution in [0, 0.1) is 0 Å². The number of rotatable bonds is 6. The lowest BCUT2D eigenvalue weighted by molar-refractivity contribution is 0.397. The Morgan fingerprint density at radius 1 is 1.44 bits per heavy atom. The molecule has 0 unspecified atom stereocenters. The Hall–Kier alpha value is -1.29. The first-order valence-electron chi connectivity index (χ1n) is 7.82. The van der Waals surface area contributed by atoms with Crippen LogP contribution in [0.3, 0.4) is 0 Å². The minimum Gasteiger partial charge on any atom is -0.481 e. The largest absolute Gasteiger partial charge is 0.481 e. The average Bonchev–Trinajstić information content (AvgIpc) is 2.89. The summed E-state index contributed by atoms with van der Waals surface area (Å²) >= 11 is 3.51. The predicted octanol–water partition coefficient (Wildman–Crippen LogP) is 3.41. The summed E-state index contributed by atoms with van der Waals surface area (Å²) in [5.74, 6) is 1.48. The summed E-state index contributed by atoms with van der Waals surface area (Å²) in [5.41, 5.74) is 2.25. The molecule has 0 aliphatic heterocycles. The maximum absolute atomic E-state index is 5.08. The van der Waals surface area contributed by atoms with Gasteiger partial charge < -0.3 is 19.5 Å². The van der Waals surface area contributed by atoms with Crippen LogP contribution in [0.5, 0.6) is 5.88 Å². The number of pyridine rings is 1. The smallest absolute Gasteiger partial charge is 0.212 e. The molecule has 2 aromatic heterocycles. The van der Waals surface area contributed by atoms with Crippen molar-refractivity contribution >= 4 is 45.9 Å². The second kappa shape index (κ2) is 10.6. The Balaban J connectivity index is 0.00000312. The van der Waals surface area contributed by atoms with Gasteiger partial charge in [0.2, 0.25) is 5.88 Å². The Bertz CT molecular complexity index is 687. The van der Waals surface area contributed by atoms with Crippen LogP contribution in [0.1, 0.15) is 18.2 Å². The van der Waals surface area contributed by atoms with E-state index in [0.29, 0.717) is 12.4 Å². The molecule has 0 radical (unpaired) electrons. The first-order chi connectivity index (χ1) is 11.5. The van der Waals surface area contributed by atoms with Crippen molar-refractivity contribution in [3.63, 3.8) is 0 Å². The highest BCUT2D eigenvalue weighted by molar-refractivity contribution is 14.0. The SMILES string of the molecule is CCNC(=NCc1ccc(OC)nc1)N(C)Cc1cc(Br)cn1C.I. The molecule has 0 saturated heterocycles. The predicted molar refractivity (Wildman–Crippen MR) is 116 cm³/mol. The molecule has 25 heavy (non-hydrogen) atoms. The molecule has 0 amide bonds. The number of methoxy groups -OCH3 is 1. The zero-order valence-corrected chi connectivity index (χ0v) is 18.9. The number of guanidine groups is 1. The number of aliphatic imine (C=N–C) groups is 1. The van der Waals surface area contributed by atoms with Crippen LogP contribution >= 0.6 is 39.9 Å². The van der Waals surface area contributed by atoms with E-state index < -0.39 is 0 Å². The van der Waals surface area contributed by atoms with Crippen LogP contribution in [0.15, 0.2) is 40.1 Å². The fourth-order valence-corrected chi connectivity index (χ4v) is 2.87. The van der Waals surface area contributed by atoms with E-state index >= 15 is 0 Å².